The van der Waals surface area contributed by atoms with Gasteiger partial charge in [-0.15, -0.1) is 0 Å². The zero-order valence-corrected chi connectivity index (χ0v) is 15.0. The van der Waals surface area contributed by atoms with E-state index in [0.717, 1.165) is 30.3 Å². The Hall–Kier alpha value is -2.57. The molecule has 0 aliphatic heterocycles. The van der Waals surface area contributed by atoms with Crippen LogP contribution in [-0.4, -0.2) is 35.1 Å². The predicted octanol–water partition coefficient (Wildman–Crippen LogP) is 3.23. The molecular formula is C18H26N4O3. The van der Waals surface area contributed by atoms with Crippen molar-refractivity contribution in [2.24, 2.45) is 5.92 Å². The highest BCUT2D eigenvalue weighted by Crippen LogP contribution is 2.17. The van der Waals surface area contributed by atoms with Crippen LogP contribution in [0.2, 0.25) is 0 Å². The molecule has 0 fully saturated rings. The Morgan fingerprint density at radius 3 is 2.84 bits per heavy atom. The third kappa shape index (κ3) is 5.77. The second-order valence-corrected chi connectivity index (χ2v) is 6.24. The predicted molar refractivity (Wildman–Crippen MR) is 97.5 cm³/mol. The molecule has 25 heavy (non-hydrogen) atoms. The Balaban J connectivity index is 1.83. The molecule has 136 valence electrons. The second-order valence-electron chi connectivity index (χ2n) is 6.24. The number of hydrogen-bond acceptors (Lipinski definition) is 4. The fraction of sp³-hybridized carbons (Fsp3) is 0.500. The van der Waals surface area contributed by atoms with Crippen LogP contribution in [0.5, 0.6) is 0 Å². The maximum absolute atomic E-state index is 11.9. The van der Waals surface area contributed by atoms with Gasteiger partial charge in [0, 0.05) is 0 Å². The second kappa shape index (κ2) is 9.05. The maximum Gasteiger partial charge on any atom is 0.321 e. The summed E-state index contributed by atoms with van der Waals surface area (Å²) >= 11 is 0. The number of benzene rings is 1. The van der Waals surface area contributed by atoms with Crippen molar-refractivity contribution in [3.8, 4) is 0 Å². The van der Waals surface area contributed by atoms with Crippen LogP contribution in [0.4, 0.5) is 10.7 Å². The first-order valence-corrected chi connectivity index (χ1v) is 8.69. The van der Waals surface area contributed by atoms with Crippen LogP contribution in [0.25, 0.3) is 11.0 Å². The number of urea groups is 1. The van der Waals surface area contributed by atoms with Gasteiger partial charge in [0.25, 0.3) is 0 Å². The van der Waals surface area contributed by atoms with Gasteiger partial charge in [-0.05, 0) is 30.5 Å². The number of esters is 1. The lowest BCUT2D eigenvalue weighted by molar-refractivity contribution is -0.147. The molecule has 1 aromatic carbocycles. The minimum atomic E-state index is -0.397. The number of unbranched alkanes of at least 4 members (excludes halogenated alkanes) is 1. The van der Waals surface area contributed by atoms with Crippen molar-refractivity contribution < 1.29 is 14.3 Å². The van der Waals surface area contributed by atoms with Crippen molar-refractivity contribution in [2.45, 2.75) is 40.0 Å². The number of carbonyl (C=O) groups is 2. The molecule has 0 saturated heterocycles. The average molecular weight is 346 g/mol. The van der Waals surface area contributed by atoms with Gasteiger partial charge in [-0.1, -0.05) is 33.3 Å². The number of aromatic amines is 1. The Labute approximate surface area is 147 Å². The van der Waals surface area contributed by atoms with Crippen LogP contribution in [-0.2, 0) is 16.0 Å². The van der Waals surface area contributed by atoms with E-state index in [1.807, 2.05) is 6.07 Å². The van der Waals surface area contributed by atoms with E-state index in [0.29, 0.717) is 5.95 Å². The van der Waals surface area contributed by atoms with E-state index >= 15 is 0 Å². The van der Waals surface area contributed by atoms with Gasteiger partial charge < -0.3 is 15.0 Å². The van der Waals surface area contributed by atoms with Crippen molar-refractivity contribution >= 4 is 29.0 Å². The number of hydrogen-bond donors (Lipinski definition) is 3. The van der Waals surface area contributed by atoms with Crippen LogP contribution in [0.1, 0.15) is 39.2 Å². The third-order valence-electron chi connectivity index (χ3n) is 3.70. The Kier molecular flexibility index (Phi) is 6.80. The number of aryl methyl sites for hydroxylation is 1. The summed E-state index contributed by atoms with van der Waals surface area (Å²) in [4.78, 5) is 30.6. The zero-order valence-electron chi connectivity index (χ0n) is 15.0. The fourth-order valence-corrected chi connectivity index (χ4v) is 2.29. The summed E-state index contributed by atoms with van der Waals surface area (Å²) in [6.45, 7) is 6.08. The minimum Gasteiger partial charge on any atom is -0.464 e. The number of carbonyl (C=O) groups excluding carboxylic acids is 2. The Morgan fingerprint density at radius 2 is 2.12 bits per heavy atom. The van der Waals surface area contributed by atoms with Crippen molar-refractivity contribution in [1.82, 2.24) is 15.3 Å². The first kappa shape index (κ1) is 18.8. The minimum absolute atomic E-state index is 0.144. The molecule has 2 amide bonds. The molecule has 1 aromatic heterocycles. The molecule has 2 aromatic rings. The Morgan fingerprint density at radius 1 is 1.32 bits per heavy atom. The lowest BCUT2D eigenvalue weighted by Crippen LogP contribution is -2.32. The van der Waals surface area contributed by atoms with Crippen molar-refractivity contribution in [3.63, 3.8) is 0 Å². The molecule has 0 radical (unpaired) electrons. The number of ether oxygens (including phenoxy) is 1. The molecule has 3 N–H and O–H groups in total. The number of H-pyrrole nitrogens is 1. The molecule has 0 atom stereocenters. The molecule has 0 bridgehead atoms. The fourth-order valence-electron chi connectivity index (χ4n) is 2.29. The topological polar surface area (TPSA) is 96.1 Å². The van der Waals surface area contributed by atoms with Gasteiger partial charge in [0.15, 0.2) is 0 Å². The summed E-state index contributed by atoms with van der Waals surface area (Å²) in [5.41, 5.74) is 2.96. The molecule has 0 spiro atoms. The highest BCUT2D eigenvalue weighted by atomic mass is 16.5. The molecule has 2 rings (SSSR count). The van der Waals surface area contributed by atoms with Crippen molar-refractivity contribution in [3.05, 3.63) is 23.8 Å². The number of nitrogens with one attached hydrogen (secondary N) is 3. The number of anilines is 1. The summed E-state index contributed by atoms with van der Waals surface area (Å²) < 4.78 is 4.99. The van der Waals surface area contributed by atoms with Gasteiger partial charge in [-0.2, -0.15) is 0 Å². The Bertz CT molecular complexity index is 724. The summed E-state index contributed by atoms with van der Waals surface area (Å²) in [6.07, 6.45) is 3.33. The van der Waals surface area contributed by atoms with Gasteiger partial charge in [0.05, 0.1) is 23.5 Å². The molecular weight excluding hydrogens is 320 g/mol. The van der Waals surface area contributed by atoms with Crippen molar-refractivity contribution in [1.29, 1.82) is 0 Å². The first-order valence-electron chi connectivity index (χ1n) is 8.69. The van der Waals surface area contributed by atoms with E-state index in [1.54, 1.807) is 13.8 Å². The average Bonchev–Trinajstić information content (AvgIpc) is 2.97. The van der Waals surface area contributed by atoms with E-state index < -0.39 is 6.03 Å². The van der Waals surface area contributed by atoms with Crippen LogP contribution >= 0.6 is 0 Å². The zero-order chi connectivity index (χ0) is 18.2. The number of imidazole rings is 1. The van der Waals surface area contributed by atoms with E-state index in [1.165, 1.54) is 5.56 Å². The van der Waals surface area contributed by atoms with Gasteiger partial charge >= 0.3 is 12.0 Å². The summed E-state index contributed by atoms with van der Waals surface area (Å²) in [5, 5.41) is 5.27. The van der Waals surface area contributed by atoms with Crippen LogP contribution in [0.3, 0.4) is 0 Å². The van der Waals surface area contributed by atoms with E-state index in [2.05, 4.69) is 39.7 Å². The largest absolute Gasteiger partial charge is 0.464 e. The summed E-state index contributed by atoms with van der Waals surface area (Å²) in [7, 11) is 0. The SMILES string of the molecule is CCCCc1ccc2nc(NC(=O)NCCOC(=O)C(C)C)[nH]c2c1. The summed E-state index contributed by atoms with van der Waals surface area (Å²) in [6, 6.07) is 5.68. The van der Waals surface area contributed by atoms with Crippen molar-refractivity contribution in [2.75, 3.05) is 18.5 Å². The molecule has 7 nitrogen and oxygen atoms in total. The number of aromatic nitrogens is 2. The molecule has 0 aliphatic carbocycles. The lowest BCUT2D eigenvalue weighted by Gasteiger charge is -2.08. The van der Waals surface area contributed by atoms with Gasteiger partial charge in [-0.25, -0.2) is 9.78 Å². The van der Waals surface area contributed by atoms with Crippen LogP contribution in [0.15, 0.2) is 18.2 Å². The van der Waals surface area contributed by atoms with Crippen LogP contribution < -0.4 is 10.6 Å². The number of nitrogens with zero attached hydrogens (tertiary/aromatic N) is 1. The van der Waals surface area contributed by atoms with Gasteiger partial charge in [0.2, 0.25) is 5.95 Å². The lowest BCUT2D eigenvalue weighted by atomic mass is 10.1. The highest BCUT2D eigenvalue weighted by Gasteiger charge is 2.09. The number of rotatable bonds is 8. The molecule has 0 aliphatic rings. The molecule has 1 heterocycles. The molecule has 7 heteroatoms. The number of amides is 2. The highest BCUT2D eigenvalue weighted by molar-refractivity contribution is 5.89. The quantitative estimate of drug-likeness (QED) is 0.505. The normalized spacial score (nSPS) is 10.9. The van der Waals surface area contributed by atoms with Crippen LogP contribution in [0, 0.1) is 5.92 Å². The monoisotopic (exact) mass is 346 g/mol. The number of fused-ring (bicyclic) bond motifs is 1. The van der Waals surface area contributed by atoms with E-state index in [-0.39, 0.29) is 25.0 Å². The molecule has 0 unspecified atom stereocenters. The molecule has 0 saturated carbocycles. The standard InChI is InChI=1S/C18H26N4O3/c1-4-5-6-13-7-8-14-15(11-13)21-17(20-14)22-18(24)19-9-10-25-16(23)12(2)3/h7-8,11-12H,4-6,9-10H2,1-3H3,(H3,19,20,21,22,24). The van der Waals surface area contributed by atoms with Gasteiger partial charge in [-0.3, -0.25) is 10.1 Å². The maximum atomic E-state index is 11.9. The summed E-state index contributed by atoms with van der Waals surface area (Å²) in [5.74, 6) is -0.0655. The van der Waals surface area contributed by atoms with Gasteiger partial charge in [0.1, 0.15) is 6.61 Å². The van der Waals surface area contributed by atoms with E-state index in [4.69, 9.17) is 4.74 Å². The smallest absolute Gasteiger partial charge is 0.321 e. The third-order valence-corrected chi connectivity index (χ3v) is 3.70. The first-order chi connectivity index (χ1) is 12.0. The van der Waals surface area contributed by atoms with E-state index in [9.17, 15) is 9.59 Å².